The molecule has 2 heterocycles. The van der Waals surface area contributed by atoms with Gasteiger partial charge in [0.05, 0.1) is 52.7 Å². The number of non-ortho nitro benzene ring substituents is 1. The van der Waals surface area contributed by atoms with Crippen molar-refractivity contribution in [2.75, 3.05) is 26.3 Å². The summed E-state index contributed by atoms with van der Waals surface area (Å²) in [6.07, 6.45) is -2.35. The third-order valence-corrected chi connectivity index (χ3v) is 10.3. The Labute approximate surface area is 290 Å². The van der Waals surface area contributed by atoms with Gasteiger partial charge in [0.2, 0.25) is 10.0 Å². The van der Waals surface area contributed by atoms with Crippen LogP contribution >= 0.6 is 0 Å². The van der Waals surface area contributed by atoms with E-state index < -0.39 is 45.6 Å². The summed E-state index contributed by atoms with van der Waals surface area (Å²) >= 11 is 0. The molecule has 0 saturated carbocycles. The van der Waals surface area contributed by atoms with Crippen LogP contribution in [0.2, 0.25) is 0 Å². The number of nitrogens with one attached hydrogen (secondary N) is 1. The number of hydrogen-bond donors (Lipinski definition) is 2. The Morgan fingerprint density at radius 1 is 1.10 bits per heavy atom. The highest BCUT2D eigenvalue weighted by molar-refractivity contribution is 7.89. The van der Waals surface area contributed by atoms with E-state index in [4.69, 9.17) is 24.2 Å². The van der Waals surface area contributed by atoms with E-state index in [1.54, 1.807) is 42.5 Å². The van der Waals surface area contributed by atoms with Crippen LogP contribution in [-0.2, 0) is 37.3 Å². The number of nitro groups is 1. The molecule has 2 aliphatic heterocycles. The number of aliphatic hydroxyl groups is 1. The highest BCUT2D eigenvalue weighted by Crippen LogP contribution is 2.33. The number of hydrogen-bond acceptors (Lipinski definition) is 11. The van der Waals surface area contributed by atoms with E-state index in [0.717, 1.165) is 39.7 Å². The molecule has 5 unspecified atom stereocenters. The van der Waals surface area contributed by atoms with Crippen molar-refractivity contribution in [3.8, 4) is 11.8 Å². The van der Waals surface area contributed by atoms with Gasteiger partial charge in [-0.1, -0.05) is 38.1 Å². The molecule has 2 saturated heterocycles. The molecule has 0 radical (unpaired) electrons. The number of rotatable bonds is 15. The van der Waals surface area contributed by atoms with Crippen molar-refractivity contribution in [1.82, 2.24) is 9.62 Å². The smallest absolute Gasteiger partial charge is 0.407 e. The van der Waals surface area contributed by atoms with Crippen molar-refractivity contribution in [3.63, 3.8) is 0 Å². The van der Waals surface area contributed by atoms with E-state index in [1.807, 2.05) is 19.9 Å². The molecule has 15 heteroatoms. The Morgan fingerprint density at radius 3 is 2.52 bits per heavy atom. The molecule has 3 aromatic rings. The van der Waals surface area contributed by atoms with Crippen molar-refractivity contribution in [3.05, 3.63) is 99.6 Å². The average Bonchev–Trinajstić information content (AvgIpc) is 3.72. The summed E-state index contributed by atoms with van der Waals surface area (Å²) < 4.78 is 51.3. The van der Waals surface area contributed by atoms with E-state index in [2.05, 4.69) is 11.4 Å². The number of carbonyl (C=O) groups is 1. The van der Waals surface area contributed by atoms with Gasteiger partial charge in [0.1, 0.15) is 18.5 Å². The normalized spacial score (nSPS) is 19.8. The van der Waals surface area contributed by atoms with Crippen LogP contribution in [0.1, 0.15) is 37.0 Å². The van der Waals surface area contributed by atoms with Gasteiger partial charge >= 0.3 is 6.09 Å². The number of sulfonamides is 1. The first-order chi connectivity index (χ1) is 23.9. The minimum Gasteiger partial charge on any atom is -0.489 e. The fourth-order valence-electron chi connectivity index (χ4n) is 5.93. The molecule has 3 aromatic carbocycles. The summed E-state index contributed by atoms with van der Waals surface area (Å²) in [5.74, 6) is 0.324. The fourth-order valence-corrected chi connectivity index (χ4v) is 7.55. The van der Waals surface area contributed by atoms with Crippen LogP contribution in [0.5, 0.6) is 5.75 Å². The number of fused-ring (bicyclic) bond motifs is 1. The summed E-state index contributed by atoms with van der Waals surface area (Å²) in [6, 6.07) is 19.8. The Bertz CT molecular complexity index is 1780. The van der Waals surface area contributed by atoms with Gasteiger partial charge in [-0.05, 0) is 66.3 Å². The van der Waals surface area contributed by atoms with E-state index in [9.17, 15) is 28.4 Å². The molecule has 50 heavy (non-hydrogen) atoms. The van der Waals surface area contributed by atoms with Crippen LogP contribution < -0.4 is 10.1 Å². The Balaban J connectivity index is 1.32. The van der Waals surface area contributed by atoms with Gasteiger partial charge in [-0.15, -0.1) is 0 Å². The number of alkyl carbamates (subject to hydrolysis) is 1. The number of aliphatic hydroxyl groups excluding tert-OH is 1. The van der Waals surface area contributed by atoms with Crippen molar-refractivity contribution in [2.45, 2.75) is 62.7 Å². The molecule has 0 spiro atoms. The van der Waals surface area contributed by atoms with Gasteiger partial charge in [-0.3, -0.25) is 10.1 Å². The average molecular weight is 709 g/mol. The number of nitro benzene ring substituents is 1. The molecule has 0 aliphatic carbocycles. The van der Waals surface area contributed by atoms with Crippen molar-refractivity contribution >= 4 is 21.8 Å². The number of carbonyl (C=O) groups excluding carboxylic acids is 1. The Kier molecular flexibility index (Phi) is 12.0. The zero-order valence-corrected chi connectivity index (χ0v) is 28.5. The Hall–Kier alpha value is -4.59. The summed E-state index contributed by atoms with van der Waals surface area (Å²) in [5, 5.41) is 34.6. The van der Waals surface area contributed by atoms with Gasteiger partial charge in [0.25, 0.3) is 5.69 Å². The molecular formula is C35H40N4O10S. The molecule has 266 valence electrons. The number of nitrogens with zero attached hydrogens (tertiary/aromatic N) is 3. The summed E-state index contributed by atoms with van der Waals surface area (Å²) in [6.45, 7) is 4.23. The fraction of sp³-hybridized carbons (Fsp3) is 0.429. The van der Waals surface area contributed by atoms with Crippen LogP contribution in [-0.4, -0.2) is 79.7 Å². The summed E-state index contributed by atoms with van der Waals surface area (Å²) in [5.41, 5.74) is 1.82. The van der Waals surface area contributed by atoms with Gasteiger partial charge < -0.3 is 29.4 Å². The van der Waals surface area contributed by atoms with E-state index in [1.165, 1.54) is 0 Å². The maximum atomic E-state index is 13.7. The van der Waals surface area contributed by atoms with Crippen LogP contribution in [0.25, 0.3) is 0 Å². The van der Waals surface area contributed by atoms with Crippen LogP contribution in [0.15, 0.2) is 77.7 Å². The lowest BCUT2D eigenvalue weighted by Gasteiger charge is -2.31. The first-order valence-electron chi connectivity index (χ1n) is 16.3. The molecule has 5 rings (SSSR count). The predicted molar refractivity (Wildman–Crippen MR) is 179 cm³/mol. The molecule has 14 nitrogen and oxygen atoms in total. The minimum absolute atomic E-state index is 0.0410. The highest BCUT2D eigenvalue weighted by Gasteiger charge is 2.44. The second-order valence-electron chi connectivity index (χ2n) is 12.7. The van der Waals surface area contributed by atoms with E-state index in [-0.39, 0.29) is 55.1 Å². The van der Waals surface area contributed by atoms with Crippen molar-refractivity contribution in [2.24, 2.45) is 11.8 Å². The molecule has 2 N–H and O–H groups in total. The van der Waals surface area contributed by atoms with Gasteiger partial charge in [-0.25, -0.2) is 13.2 Å². The lowest BCUT2D eigenvalue weighted by atomic mass is 10.0. The van der Waals surface area contributed by atoms with Crippen molar-refractivity contribution < 1.29 is 42.2 Å². The van der Waals surface area contributed by atoms with Gasteiger partial charge in [0, 0.05) is 25.2 Å². The third kappa shape index (κ3) is 9.34. The standard InChI is InChI=1S/C35H40N4O10S/c1-23(2)19-38(50(44,45)29-12-8-27(9-13-29)39(42)43)20-32(40)31(37-35(41)49-33-22-48-34-30(33)14-15-46-34)17-24-6-10-28(11-7-24)47-21-26-5-3-4-25(16-26)18-36/h3-13,16,23,30-34,40H,14-15,17,19-22H2,1-2H3,(H,37,41). The lowest BCUT2D eigenvalue weighted by molar-refractivity contribution is -0.384. The molecule has 0 aromatic heterocycles. The molecular weight excluding hydrogens is 668 g/mol. The van der Waals surface area contributed by atoms with Gasteiger partial charge in [-0.2, -0.15) is 9.57 Å². The second kappa shape index (κ2) is 16.4. The largest absolute Gasteiger partial charge is 0.489 e. The molecule has 5 atom stereocenters. The highest BCUT2D eigenvalue weighted by atomic mass is 32.2. The molecule has 0 bridgehead atoms. The SMILES string of the molecule is CC(C)CN(CC(O)C(Cc1ccc(OCc2cccc(C#N)c2)cc1)NC(=O)OC1COC2OCCC12)S(=O)(=O)c1ccc([N+](=O)[O-])cc1. The maximum Gasteiger partial charge on any atom is 0.407 e. The number of nitriles is 1. The first kappa shape index (κ1) is 36.7. The summed E-state index contributed by atoms with van der Waals surface area (Å²) in [7, 11) is -4.19. The monoisotopic (exact) mass is 708 g/mol. The number of benzene rings is 3. The van der Waals surface area contributed by atoms with Crippen LogP contribution in [0.3, 0.4) is 0 Å². The summed E-state index contributed by atoms with van der Waals surface area (Å²) in [4.78, 5) is 23.6. The Morgan fingerprint density at radius 2 is 1.84 bits per heavy atom. The molecule has 1 amide bonds. The topological polar surface area (TPSA) is 191 Å². The van der Waals surface area contributed by atoms with Gasteiger partial charge in [0.15, 0.2) is 6.29 Å². The maximum absolute atomic E-state index is 13.7. The van der Waals surface area contributed by atoms with E-state index >= 15 is 0 Å². The zero-order valence-electron chi connectivity index (χ0n) is 27.7. The predicted octanol–water partition coefficient (Wildman–Crippen LogP) is 4.15. The van der Waals surface area contributed by atoms with Crippen LogP contribution in [0, 0.1) is 33.3 Å². The quantitative estimate of drug-likeness (QED) is 0.170. The molecule has 2 fully saturated rings. The van der Waals surface area contributed by atoms with Crippen LogP contribution in [0.4, 0.5) is 10.5 Å². The van der Waals surface area contributed by atoms with E-state index in [0.29, 0.717) is 24.3 Å². The molecule has 2 aliphatic rings. The lowest BCUT2D eigenvalue weighted by Crippen LogP contribution is -2.51. The number of amides is 1. The first-order valence-corrected chi connectivity index (χ1v) is 17.7. The minimum atomic E-state index is -4.19. The number of ether oxygens (including phenoxy) is 4. The van der Waals surface area contributed by atoms with Crippen molar-refractivity contribution in [1.29, 1.82) is 5.26 Å². The zero-order chi connectivity index (χ0) is 35.8. The third-order valence-electron chi connectivity index (χ3n) is 8.50. The second-order valence-corrected chi connectivity index (χ2v) is 14.6.